The van der Waals surface area contributed by atoms with E-state index in [0.717, 1.165) is 24.0 Å². The Morgan fingerprint density at radius 3 is 2.68 bits per heavy atom. The van der Waals surface area contributed by atoms with Crippen molar-refractivity contribution in [2.45, 2.75) is 51.2 Å². The van der Waals surface area contributed by atoms with Crippen LogP contribution < -0.4 is 16.5 Å². The molecule has 3 N–H and O–H groups in total. The average molecular weight is 473 g/mol. The van der Waals surface area contributed by atoms with E-state index < -0.39 is 29.4 Å². The molecule has 0 bridgehead atoms. The number of nitrogens with zero attached hydrogens (tertiary/aromatic N) is 4. The molecule has 1 saturated heterocycles. The Morgan fingerprint density at radius 2 is 1.94 bits per heavy atom. The standard InChI is InChI=1S/C24H27F3N6O/c1-13(15-4-3-5-16(19(15)25)20(26)27)30-21-17-12-18(24(28)6-10-34-11-7-24)23-29-8-9-33(23)22(17)32-14(2)31-21/h3-5,12-13,20,29H,6-11,28H2,1-2H3. The summed E-state index contributed by atoms with van der Waals surface area (Å²) in [7, 11) is 0. The maximum atomic E-state index is 14.8. The van der Waals surface area contributed by atoms with Crippen LogP contribution in [0.2, 0.25) is 0 Å². The van der Waals surface area contributed by atoms with Crippen LogP contribution in [-0.2, 0) is 16.8 Å². The van der Waals surface area contributed by atoms with Crippen molar-refractivity contribution in [1.29, 1.82) is 0 Å². The van der Waals surface area contributed by atoms with Gasteiger partial charge in [0.2, 0.25) is 0 Å². The van der Waals surface area contributed by atoms with Crippen molar-refractivity contribution in [2.24, 2.45) is 10.7 Å². The molecule has 10 heteroatoms. The Kier molecular flexibility index (Phi) is 5.81. The van der Waals surface area contributed by atoms with Crippen molar-refractivity contribution in [1.82, 2.24) is 14.5 Å². The predicted octanol–water partition coefficient (Wildman–Crippen LogP) is 3.82. The fourth-order valence-electron chi connectivity index (χ4n) is 4.84. The number of fused-ring (bicyclic) bond motifs is 3. The molecular weight excluding hydrogens is 445 g/mol. The number of benzene rings is 1. The summed E-state index contributed by atoms with van der Waals surface area (Å²) in [6, 6.07) is 5.23. The number of ether oxygens (including phenoxy) is 1. The number of nitrogens with two attached hydrogens (primary N) is 1. The van der Waals surface area contributed by atoms with E-state index in [4.69, 9.17) is 10.5 Å². The smallest absolute Gasteiger partial charge is 0.266 e. The van der Waals surface area contributed by atoms with Crippen molar-refractivity contribution in [3.63, 3.8) is 0 Å². The van der Waals surface area contributed by atoms with Gasteiger partial charge in [-0.3, -0.25) is 4.99 Å². The number of rotatable bonds is 4. The zero-order valence-corrected chi connectivity index (χ0v) is 19.1. The van der Waals surface area contributed by atoms with Crippen LogP contribution in [0.15, 0.2) is 29.3 Å². The lowest BCUT2D eigenvalue weighted by molar-refractivity contribution is 0.0523. The van der Waals surface area contributed by atoms with Crippen LogP contribution in [0.3, 0.4) is 0 Å². The van der Waals surface area contributed by atoms with Crippen LogP contribution in [0.25, 0.3) is 11.4 Å². The molecule has 1 atom stereocenters. The fourth-order valence-corrected chi connectivity index (χ4v) is 4.84. The molecule has 4 heterocycles. The molecule has 0 radical (unpaired) electrons. The minimum Gasteiger partial charge on any atom is -0.381 e. The van der Waals surface area contributed by atoms with Gasteiger partial charge in [-0.2, -0.15) is 0 Å². The summed E-state index contributed by atoms with van der Waals surface area (Å²) in [5.41, 5.74) is 7.77. The van der Waals surface area contributed by atoms with E-state index in [2.05, 4.69) is 24.8 Å². The van der Waals surface area contributed by atoms with Crippen LogP contribution in [0.5, 0.6) is 0 Å². The summed E-state index contributed by atoms with van der Waals surface area (Å²) < 4.78 is 48.9. The molecular formula is C24H27F3N6O. The molecule has 1 aromatic carbocycles. The average Bonchev–Trinajstić information content (AvgIpc) is 3.29. The first-order chi connectivity index (χ1) is 16.3. The van der Waals surface area contributed by atoms with Crippen LogP contribution in [-0.4, -0.2) is 34.3 Å². The first kappa shape index (κ1) is 22.8. The van der Waals surface area contributed by atoms with Crippen molar-refractivity contribution < 1.29 is 17.9 Å². The molecule has 5 rings (SSSR count). The van der Waals surface area contributed by atoms with E-state index in [1.54, 1.807) is 13.8 Å². The Labute approximate surface area is 195 Å². The van der Waals surface area contributed by atoms with Gasteiger partial charge in [0, 0.05) is 43.0 Å². The van der Waals surface area contributed by atoms with Gasteiger partial charge in [0.15, 0.2) is 5.49 Å². The highest BCUT2D eigenvalue weighted by molar-refractivity contribution is 5.67. The van der Waals surface area contributed by atoms with Crippen molar-refractivity contribution >= 4 is 5.82 Å². The third kappa shape index (κ3) is 3.84. The number of aromatic nitrogens is 3. The Bertz CT molecular complexity index is 1270. The number of nitrogens with one attached hydrogen (secondary N) is 1. The molecule has 0 aliphatic carbocycles. The van der Waals surface area contributed by atoms with Gasteiger partial charge >= 0.3 is 0 Å². The number of halogens is 3. The Balaban J connectivity index is 1.70. The minimum atomic E-state index is -2.90. The molecule has 1 fully saturated rings. The first-order valence-corrected chi connectivity index (χ1v) is 11.4. The minimum absolute atomic E-state index is 0.0950. The molecule has 180 valence electrons. The van der Waals surface area contributed by atoms with E-state index in [0.29, 0.717) is 55.3 Å². The summed E-state index contributed by atoms with van der Waals surface area (Å²) in [6.07, 6.45) is -1.55. The van der Waals surface area contributed by atoms with E-state index >= 15 is 0 Å². The number of alkyl halides is 2. The first-order valence-electron chi connectivity index (χ1n) is 11.4. The molecule has 0 amide bonds. The number of hydrogen-bond donors (Lipinski definition) is 2. The lowest BCUT2D eigenvalue weighted by Crippen LogP contribution is -2.43. The highest BCUT2D eigenvalue weighted by Crippen LogP contribution is 2.39. The Morgan fingerprint density at radius 1 is 1.21 bits per heavy atom. The van der Waals surface area contributed by atoms with Crippen LogP contribution in [0.1, 0.15) is 54.7 Å². The molecule has 1 aromatic rings. The van der Waals surface area contributed by atoms with Gasteiger partial charge in [-0.1, -0.05) is 18.2 Å². The van der Waals surface area contributed by atoms with Gasteiger partial charge in [0.25, 0.3) is 6.43 Å². The maximum absolute atomic E-state index is 14.8. The largest absolute Gasteiger partial charge is 0.381 e. The number of aryl methyl sites for hydroxylation is 1. The molecule has 4 aliphatic rings. The molecule has 7 nitrogen and oxygen atoms in total. The van der Waals surface area contributed by atoms with E-state index in [9.17, 15) is 13.2 Å². The SMILES string of the molecule is Cc1nc2n3c(c(C4(N)CCOCC4)cc-2c(=NC(C)c2cccc(C(F)F)c2F)n1)NCC3. The highest BCUT2D eigenvalue weighted by Gasteiger charge is 2.36. The summed E-state index contributed by atoms with van der Waals surface area (Å²) >= 11 is 0. The second kappa shape index (κ2) is 8.66. The monoisotopic (exact) mass is 472 g/mol. The maximum Gasteiger partial charge on any atom is 0.266 e. The van der Waals surface area contributed by atoms with E-state index in [1.165, 1.54) is 12.1 Å². The zero-order valence-electron chi connectivity index (χ0n) is 19.1. The number of hydrogen-bond acceptors (Lipinski definition) is 6. The van der Waals surface area contributed by atoms with Gasteiger partial charge in [-0.25, -0.2) is 23.1 Å². The molecule has 34 heavy (non-hydrogen) atoms. The van der Waals surface area contributed by atoms with Crippen molar-refractivity contribution in [2.75, 3.05) is 25.1 Å². The van der Waals surface area contributed by atoms with Gasteiger partial charge in [0.05, 0.1) is 17.2 Å². The molecule has 0 aromatic heterocycles. The van der Waals surface area contributed by atoms with Crippen LogP contribution >= 0.6 is 0 Å². The fraction of sp³-hybridized carbons (Fsp3) is 0.458. The quantitative estimate of drug-likeness (QED) is 0.603. The van der Waals surface area contributed by atoms with Gasteiger partial charge < -0.3 is 20.4 Å². The van der Waals surface area contributed by atoms with Gasteiger partial charge in [0.1, 0.15) is 23.3 Å². The summed E-state index contributed by atoms with van der Waals surface area (Å²) in [4.78, 5) is 13.9. The second-order valence-corrected chi connectivity index (χ2v) is 8.94. The highest BCUT2D eigenvalue weighted by atomic mass is 19.3. The summed E-state index contributed by atoms with van der Waals surface area (Å²) in [5, 5.41) is 3.44. The normalized spacial score (nSPS) is 18.9. The van der Waals surface area contributed by atoms with Gasteiger partial charge in [-0.05, 0) is 32.8 Å². The molecule has 4 aliphatic heterocycles. The predicted molar refractivity (Wildman–Crippen MR) is 121 cm³/mol. The summed E-state index contributed by atoms with van der Waals surface area (Å²) in [6.45, 7) is 6.05. The number of anilines is 1. The second-order valence-electron chi connectivity index (χ2n) is 8.94. The third-order valence-electron chi connectivity index (χ3n) is 6.70. The van der Waals surface area contributed by atoms with E-state index in [-0.39, 0.29) is 5.56 Å². The topological polar surface area (TPSA) is 90.4 Å². The molecule has 0 saturated carbocycles. The summed E-state index contributed by atoms with van der Waals surface area (Å²) in [5.74, 6) is 1.22. The third-order valence-corrected chi connectivity index (χ3v) is 6.70. The van der Waals surface area contributed by atoms with Crippen molar-refractivity contribution in [3.8, 4) is 11.4 Å². The van der Waals surface area contributed by atoms with E-state index in [1.807, 2.05) is 6.07 Å². The Hall–Kier alpha value is -2.98. The van der Waals surface area contributed by atoms with Gasteiger partial charge in [-0.15, -0.1) is 0 Å². The zero-order chi connectivity index (χ0) is 24.0. The lowest BCUT2D eigenvalue weighted by Gasteiger charge is -2.36. The molecule has 1 unspecified atom stereocenters. The van der Waals surface area contributed by atoms with Crippen LogP contribution in [0.4, 0.5) is 19.0 Å². The lowest BCUT2D eigenvalue weighted by atomic mass is 9.83. The molecule has 0 spiro atoms. The number of pyridine rings is 1. The van der Waals surface area contributed by atoms with Crippen LogP contribution in [0, 0.1) is 12.7 Å². The van der Waals surface area contributed by atoms with Crippen molar-refractivity contribution in [3.05, 3.63) is 58.1 Å².